The number of rotatable bonds is 10. The van der Waals surface area contributed by atoms with Gasteiger partial charge in [0.05, 0.1) is 23.7 Å². The van der Waals surface area contributed by atoms with Gasteiger partial charge in [-0.1, -0.05) is 55.8 Å². The number of ether oxygens (including phenoxy) is 1. The average Bonchev–Trinajstić information content (AvgIpc) is 2.83. The number of carbonyl (C=O) groups is 1. The van der Waals surface area contributed by atoms with Crippen LogP contribution in [0.1, 0.15) is 37.4 Å². The summed E-state index contributed by atoms with van der Waals surface area (Å²) in [5.74, 6) is 0.632. The summed E-state index contributed by atoms with van der Waals surface area (Å²) in [6, 6.07) is 20.3. The molecule has 0 fully saturated rings. The van der Waals surface area contributed by atoms with Crippen LogP contribution in [0.5, 0.6) is 5.75 Å². The van der Waals surface area contributed by atoms with Crippen LogP contribution in [0.15, 0.2) is 77.7 Å². The summed E-state index contributed by atoms with van der Waals surface area (Å²) in [6.07, 6.45) is 0.698. The largest absolute Gasteiger partial charge is 0.497 e. The highest BCUT2D eigenvalue weighted by molar-refractivity contribution is 7.92. The first-order valence-corrected chi connectivity index (χ1v) is 13.2. The molecule has 0 aromatic heterocycles. The molecule has 0 saturated carbocycles. The van der Waals surface area contributed by atoms with E-state index in [2.05, 4.69) is 19.2 Å². The molecule has 35 heavy (non-hydrogen) atoms. The molecule has 6 nitrogen and oxygen atoms in total. The number of nitrogens with one attached hydrogen (secondary N) is 1. The van der Waals surface area contributed by atoms with Crippen LogP contribution in [0.4, 0.5) is 5.69 Å². The van der Waals surface area contributed by atoms with Crippen LogP contribution in [-0.2, 0) is 14.8 Å². The monoisotopic (exact) mass is 514 g/mol. The van der Waals surface area contributed by atoms with E-state index in [9.17, 15) is 13.2 Å². The van der Waals surface area contributed by atoms with Crippen molar-refractivity contribution >= 4 is 33.2 Å². The number of carbonyl (C=O) groups excluding carboxylic acids is 1. The molecule has 0 heterocycles. The standard InChI is InChI=1S/C27H31ClN2O4S/c1-19(2)16-25(21-10-13-23(34-4)14-11-21)29-27(31)18-30(26-15-12-22(28)17-20(26)3)35(32,33)24-8-6-5-7-9-24/h5-15,17,19,25H,16,18H2,1-4H3,(H,29,31). The van der Waals surface area contributed by atoms with Crippen molar-refractivity contribution in [2.45, 2.75) is 38.1 Å². The van der Waals surface area contributed by atoms with Crippen molar-refractivity contribution in [3.8, 4) is 5.75 Å². The third-order valence-corrected chi connectivity index (χ3v) is 7.62. The molecule has 186 valence electrons. The maximum atomic E-state index is 13.6. The number of benzene rings is 3. The Hall–Kier alpha value is -3.03. The third kappa shape index (κ3) is 6.77. The Balaban J connectivity index is 1.94. The number of amides is 1. The first-order valence-electron chi connectivity index (χ1n) is 11.4. The highest BCUT2D eigenvalue weighted by atomic mass is 35.5. The van der Waals surface area contributed by atoms with Crippen LogP contribution < -0.4 is 14.4 Å². The predicted octanol–water partition coefficient (Wildman–Crippen LogP) is 5.76. The van der Waals surface area contributed by atoms with Gasteiger partial charge in [-0.3, -0.25) is 9.10 Å². The van der Waals surface area contributed by atoms with Crippen LogP contribution in [0.3, 0.4) is 0 Å². The SMILES string of the molecule is COc1ccc(C(CC(C)C)NC(=O)CN(c2ccc(Cl)cc2C)S(=O)(=O)c2ccccc2)cc1. The van der Waals surface area contributed by atoms with Gasteiger partial charge in [0.2, 0.25) is 5.91 Å². The smallest absolute Gasteiger partial charge is 0.264 e. The molecule has 0 radical (unpaired) electrons. The Morgan fingerprint density at radius 2 is 1.69 bits per heavy atom. The summed E-state index contributed by atoms with van der Waals surface area (Å²) in [5, 5.41) is 3.53. The topological polar surface area (TPSA) is 75.7 Å². The number of aryl methyl sites for hydroxylation is 1. The maximum Gasteiger partial charge on any atom is 0.264 e. The molecule has 1 atom stereocenters. The van der Waals surface area contributed by atoms with E-state index in [4.69, 9.17) is 16.3 Å². The van der Waals surface area contributed by atoms with Crippen molar-refractivity contribution in [1.29, 1.82) is 0 Å². The minimum Gasteiger partial charge on any atom is -0.497 e. The molecular weight excluding hydrogens is 484 g/mol. The van der Waals surface area contributed by atoms with Gasteiger partial charge >= 0.3 is 0 Å². The Morgan fingerprint density at radius 3 is 2.26 bits per heavy atom. The van der Waals surface area contributed by atoms with Crippen LogP contribution in [0.25, 0.3) is 0 Å². The Labute approximate surface area is 212 Å². The van der Waals surface area contributed by atoms with Crippen molar-refractivity contribution < 1.29 is 17.9 Å². The van der Waals surface area contributed by atoms with E-state index in [1.165, 1.54) is 12.1 Å². The lowest BCUT2D eigenvalue weighted by Crippen LogP contribution is -2.42. The molecule has 1 N–H and O–H groups in total. The van der Waals surface area contributed by atoms with Gasteiger partial charge < -0.3 is 10.1 Å². The minimum absolute atomic E-state index is 0.107. The first kappa shape index (κ1) is 26.6. The van der Waals surface area contributed by atoms with Crippen molar-refractivity contribution in [2.24, 2.45) is 5.92 Å². The van der Waals surface area contributed by atoms with Crippen LogP contribution in [0, 0.1) is 12.8 Å². The van der Waals surface area contributed by atoms with Crippen molar-refractivity contribution in [1.82, 2.24) is 5.32 Å². The molecule has 0 spiro atoms. The highest BCUT2D eigenvalue weighted by Crippen LogP contribution is 2.29. The van der Waals surface area contributed by atoms with Gasteiger partial charge in [-0.2, -0.15) is 0 Å². The predicted molar refractivity (Wildman–Crippen MR) is 140 cm³/mol. The second-order valence-electron chi connectivity index (χ2n) is 8.78. The minimum atomic E-state index is -4.00. The summed E-state index contributed by atoms with van der Waals surface area (Å²) in [7, 11) is -2.40. The number of halogens is 1. The first-order chi connectivity index (χ1) is 16.6. The molecule has 1 unspecified atom stereocenters. The van der Waals surface area contributed by atoms with Gasteiger partial charge in [0.25, 0.3) is 10.0 Å². The fourth-order valence-corrected chi connectivity index (χ4v) is 5.61. The lowest BCUT2D eigenvalue weighted by molar-refractivity contribution is -0.120. The zero-order chi connectivity index (χ0) is 25.6. The van der Waals surface area contributed by atoms with E-state index in [-0.39, 0.29) is 17.5 Å². The lowest BCUT2D eigenvalue weighted by Gasteiger charge is -2.27. The van der Waals surface area contributed by atoms with E-state index in [1.807, 2.05) is 24.3 Å². The maximum absolute atomic E-state index is 13.6. The molecule has 0 aliphatic heterocycles. The number of methoxy groups -OCH3 is 1. The second kappa shape index (κ2) is 11.6. The molecule has 1 amide bonds. The van der Waals surface area contributed by atoms with Crippen molar-refractivity contribution in [2.75, 3.05) is 18.0 Å². The number of anilines is 1. The second-order valence-corrected chi connectivity index (χ2v) is 11.1. The van der Waals surface area contributed by atoms with E-state index in [0.29, 0.717) is 28.6 Å². The van der Waals surface area contributed by atoms with E-state index < -0.39 is 15.9 Å². The van der Waals surface area contributed by atoms with Crippen LogP contribution >= 0.6 is 11.6 Å². The number of hydrogen-bond acceptors (Lipinski definition) is 4. The summed E-state index contributed by atoms with van der Waals surface area (Å²) >= 11 is 6.11. The van der Waals surface area contributed by atoms with E-state index in [0.717, 1.165) is 15.6 Å². The van der Waals surface area contributed by atoms with E-state index >= 15 is 0 Å². The lowest BCUT2D eigenvalue weighted by atomic mass is 9.97. The fourth-order valence-electron chi connectivity index (χ4n) is 3.87. The Kier molecular flexibility index (Phi) is 8.81. The van der Waals surface area contributed by atoms with Crippen LogP contribution in [-0.4, -0.2) is 28.0 Å². The zero-order valence-electron chi connectivity index (χ0n) is 20.4. The molecule has 0 saturated heterocycles. The summed E-state index contributed by atoms with van der Waals surface area (Å²) in [5.41, 5.74) is 1.98. The summed E-state index contributed by atoms with van der Waals surface area (Å²) < 4.78 is 33.6. The zero-order valence-corrected chi connectivity index (χ0v) is 21.9. The summed E-state index contributed by atoms with van der Waals surface area (Å²) in [6.45, 7) is 5.55. The number of sulfonamides is 1. The van der Waals surface area contributed by atoms with Gasteiger partial charge in [-0.25, -0.2) is 8.42 Å². The normalized spacial score (nSPS) is 12.3. The molecule has 0 aliphatic carbocycles. The molecule has 0 aliphatic rings. The van der Waals surface area contributed by atoms with Gasteiger partial charge in [0.1, 0.15) is 12.3 Å². The molecular formula is C27H31ClN2O4S. The number of nitrogens with zero attached hydrogens (tertiary/aromatic N) is 1. The van der Waals surface area contributed by atoms with Gasteiger partial charge in [0, 0.05) is 5.02 Å². The quantitative estimate of drug-likeness (QED) is 0.373. The average molecular weight is 515 g/mol. The van der Waals surface area contributed by atoms with Gasteiger partial charge in [-0.15, -0.1) is 0 Å². The molecule has 3 aromatic rings. The highest BCUT2D eigenvalue weighted by Gasteiger charge is 2.29. The third-order valence-electron chi connectivity index (χ3n) is 5.61. The summed E-state index contributed by atoms with van der Waals surface area (Å²) in [4.78, 5) is 13.4. The van der Waals surface area contributed by atoms with Crippen LogP contribution in [0.2, 0.25) is 5.02 Å². The fraction of sp³-hybridized carbons (Fsp3) is 0.296. The Bertz CT molecular complexity index is 1250. The van der Waals surface area contributed by atoms with Gasteiger partial charge in [0.15, 0.2) is 0 Å². The Morgan fingerprint density at radius 1 is 1.03 bits per heavy atom. The molecule has 0 bridgehead atoms. The van der Waals surface area contributed by atoms with Crippen molar-refractivity contribution in [3.63, 3.8) is 0 Å². The van der Waals surface area contributed by atoms with Gasteiger partial charge in [-0.05, 0) is 72.9 Å². The molecule has 3 rings (SSSR count). The van der Waals surface area contributed by atoms with E-state index in [1.54, 1.807) is 50.4 Å². The number of hydrogen-bond donors (Lipinski definition) is 1. The molecule has 8 heteroatoms. The van der Waals surface area contributed by atoms with Crippen molar-refractivity contribution in [3.05, 3.63) is 88.9 Å². The molecule has 3 aromatic carbocycles.